The van der Waals surface area contributed by atoms with Crippen molar-refractivity contribution in [3.63, 3.8) is 0 Å². The van der Waals surface area contributed by atoms with Crippen LogP contribution >= 0.6 is 23.2 Å². The SMILES string of the molecule is CCc1ccc(-c2nc(Cl)c(C3CCCC3)c(Cl)n2)cc1. The van der Waals surface area contributed by atoms with E-state index >= 15 is 0 Å². The zero-order valence-electron chi connectivity index (χ0n) is 12.1. The second-order valence-electron chi connectivity index (χ2n) is 5.57. The molecule has 0 amide bonds. The van der Waals surface area contributed by atoms with Crippen molar-refractivity contribution in [2.75, 3.05) is 0 Å². The third-order valence-corrected chi connectivity index (χ3v) is 4.81. The van der Waals surface area contributed by atoms with Crippen molar-refractivity contribution in [2.45, 2.75) is 44.9 Å². The second kappa shape index (κ2) is 6.33. The maximum atomic E-state index is 6.39. The minimum Gasteiger partial charge on any atom is -0.216 e. The van der Waals surface area contributed by atoms with Gasteiger partial charge in [0.2, 0.25) is 0 Å². The minimum absolute atomic E-state index is 0.418. The van der Waals surface area contributed by atoms with Gasteiger partial charge in [-0.2, -0.15) is 0 Å². The van der Waals surface area contributed by atoms with Crippen LogP contribution in [0.2, 0.25) is 10.3 Å². The molecule has 1 aliphatic rings. The molecule has 0 unspecified atom stereocenters. The van der Waals surface area contributed by atoms with Crippen molar-refractivity contribution >= 4 is 23.2 Å². The Bertz CT molecular complexity index is 609. The van der Waals surface area contributed by atoms with Gasteiger partial charge in [0.15, 0.2) is 5.82 Å². The predicted molar refractivity (Wildman–Crippen MR) is 88.1 cm³/mol. The van der Waals surface area contributed by atoms with E-state index in [1.807, 2.05) is 12.1 Å². The highest BCUT2D eigenvalue weighted by molar-refractivity contribution is 6.34. The lowest BCUT2D eigenvalue weighted by Gasteiger charge is -2.13. The summed E-state index contributed by atoms with van der Waals surface area (Å²) in [4.78, 5) is 8.95. The molecule has 0 aliphatic heterocycles. The van der Waals surface area contributed by atoms with E-state index in [1.165, 1.54) is 18.4 Å². The van der Waals surface area contributed by atoms with Crippen molar-refractivity contribution in [2.24, 2.45) is 0 Å². The normalized spacial score (nSPS) is 15.6. The van der Waals surface area contributed by atoms with Gasteiger partial charge in [-0.05, 0) is 30.7 Å². The molecule has 0 saturated heterocycles. The van der Waals surface area contributed by atoms with E-state index in [-0.39, 0.29) is 0 Å². The van der Waals surface area contributed by atoms with Crippen LogP contribution < -0.4 is 0 Å². The smallest absolute Gasteiger partial charge is 0.162 e. The molecule has 0 atom stereocenters. The number of hydrogen-bond donors (Lipinski definition) is 0. The van der Waals surface area contributed by atoms with Gasteiger partial charge in [-0.1, -0.05) is 67.2 Å². The lowest BCUT2D eigenvalue weighted by molar-refractivity contribution is 0.715. The maximum Gasteiger partial charge on any atom is 0.162 e. The van der Waals surface area contributed by atoms with Crippen LogP contribution in [0, 0.1) is 0 Å². The van der Waals surface area contributed by atoms with Gasteiger partial charge in [-0.3, -0.25) is 0 Å². The Hall–Kier alpha value is -1.12. The maximum absolute atomic E-state index is 6.39. The van der Waals surface area contributed by atoms with E-state index in [0.717, 1.165) is 30.4 Å². The first kappa shape index (κ1) is 14.8. The molecule has 2 aromatic rings. The van der Waals surface area contributed by atoms with Crippen molar-refractivity contribution in [1.82, 2.24) is 9.97 Å². The monoisotopic (exact) mass is 320 g/mol. The predicted octanol–water partition coefficient (Wildman–Crippen LogP) is 5.67. The Morgan fingerprint density at radius 1 is 1.00 bits per heavy atom. The van der Waals surface area contributed by atoms with Crippen LogP contribution in [0.25, 0.3) is 11.4 Å². The molecule has 3 rings (SSSR count). The molecule has 4 heteroatoms. The molecular formula is C17H18Cl2N2. The lowest BCUT2D eigenvalue weighted by Crippen LogP contribution is -2.01. The fourth-order valence-corrected chi connectivity index (χ4v) is 3.68. The fraction of sp³-hybridized carbons (Fsp3) is 0.412. The molecule has 1 heterocycles. The van der Waals surface area contributed by atoms with Crippen LogP contribution in [0.15, 0.2) is 24.3 Å². The summed E-state index contributed by atoms with van der Waals surface area (Å²) in [5, 5.41) is 1.02. The lowest BCUT2D eigenvalue weighted by atomic mass is 10.0. The van der Waals surface area contributed by atoms with E-state index < -0.39 is 0 Å². The average Bonchev–Trinajstić information content (AvgIpc) is 3.00. The van der Waals surface area contributed by atoms with Gasteiger partial charge in [-0.25, -0.2) is 9.97 Å². The largest absolute Gasteiger partial charge is 0.216 e. The fourth-order valence-electron chi connectivity index (χ4n) is 2.99. The standard InChI is InChI=1S/C17H18Cl2N2/c1-2-11-7-9-13(10-8-11)17-20-15(18)14(16(19)21-17)12-5-3-4-6-12/h7-10,12H,2-6H2,1H3. The molecule has 1 aromatic heterocycles. The van der Waals surface area contributed by atoms with Gasteiger partial charge in [0.05, 0.1) is 0 Å². The number of halogens is 2. The molecule has 0 radical (unpaired) electrons. The molecule has 1 fully saturated rings. The number of aryl methyl sites for hydroxylation is 1. The Morgan fingerprint density at radius 2 is 1.57 bits per heavy atom. The Kier molecular flexibility index (Phi) is 4.46. The van der Waals surface area contributed by atoms with Crippen LogP contribution in [0.5, 0.6) is 0 Å². The summed E-state index contributed by atoms with van der Waals surface area (Å²) in [5.41, 5.74) is 3.18. The van der Waals surface area contributed by atoms with Crippen LogP contribution in [0.3, 0.4) is 0 Å². The number of benzene rings is 1. The highest BCUT2D eigenvalue weighted by Crippen LogP contribution is 2.40. The summed E-state index contributed by atoms with van der Waals surface area (Å²) in [7, 11) is 0. The van der Waals surface area contributed by atoms with Crippen LogP contribution in [0.1, 0.15) is 49.7 Å². The van der Waals surface area contributed by atoms with Gasteiger partial charge in [-0.15, -0.1) is 0 Å². The Morgan fingerprint density at radius 3 is 2.10 bits per heavy atom. The summed E-state index contributed by atoms with van der Waals surface area (Å²) < 4.78 is 0. The van der Waals surface area contributed by atoms with E-state index in [9.17, 15) is 0 Å². The van der Waals surface area contributed by atoms with Gasteiger partial charge in [0.25, 0.3) is 0 Å². The highest BCUT2D eigenvalue weighted by atomic mass is 35.5. The topological polar surface area (TPSA) is 25.8 Å². The molecule has 0 bridgehead atoms. The summed E-state index contributed by atoms with van der Waals surface area (Å²) in [5.74, 6) is 1.02. The van der Waals surface area contributed by atoms with Crippen molar-refractivity contribution in [3.8, 4) is 11.4 Å². The average molecular weight is 321 g/mol. The number of aromatic nitrogens is 2. The third-order valence-electron chi connectivity index (χ3n) is 4.24. The summed E-state index contributed by atoms with van der Waals surface area (Å²) in [6, 6.07) is 8.23. The number of hydrogen-bond acceptors (Lipinski definition) is 2. The Labute approximate surface area is 135 Å². The minimum atomic E-state index is 0.418. The van der Waals surface area contributed by atoms with Crippen LogP contribution in [-0.2, 0) is 6.42 Å². The van der Waals surface area contributed by atoms with E-state index in [4.69, 9.17) is 23.2 Å². The molecule has 1 aliphatic carbocycles. The first-order valence-corrected chi connectivity index (χ1v) is 8.27. The second-order valence-corrected chi connectivity index (χ2v) is 6.29. The van der Waals surface area contributed by atoms with Gasteiger partial charge in [0, 0.05) is 11.1 Å². The zero-order chi connectivity index (χ0) is 14.8. The molecule has 1 aromatic carbocycles. The molecule has 2 nitrogen and oxygen atoms in total. The number of nitrogens with zero attached hydrogens (tertiary/aromatic N) is 2. The van der Waals surface area contributed by atoms with E-state index in [1.54, 1.807) is 0 Å². The van der Waals surface area contributed by atoms with Gasteiger partial charge >= 0.3 is 0 Å². The first-order chi connectivity index (χ1) is 10.2. The molecule has 1 saturated carbocycles. The van der Waals surface area contributed by atoms with Crippen molar-refractivity contribution in [3.05, 3.63) is 45.7 Å². The van der Waals surface area contributed by atoms with E-state index in [2.05, 4.69) is 29.0 Å². The van der Waals surface area contributed by atoms with Gasteiger partial charge in [0.1, 0.15) is 10.3 Å². The van der Waals surface area contributed by atoms with Crippen LogP contribution in [-0.4, -0.2) is 9.97 Å². The molecular weight excluding hydrogens is 303 g/mol. The number of rotatable bonds is 3. The zero-order valence-corrected chi connectivity index (χ0v) is 13.6. The molecule has 0 spiro atoms. The van der Waals surface area contributed by atoms with Crippen molar-refractivity contribution < 1.29 is 0 Å². The summed E-state index contributed by atoms with van der Waals surface area (Å²) in [6.07, 6.45) is 5.75. The molecule has 110 valence electrons. The quantitative estimate of drug-likeness (QED) is 0.681. The van der Waals surface area contributed by atoms with Crippen LogP contribution in [0.4, 0.5) is 0 Å². The Balaban J connectivity index is 1.96. The molecule has 21 heavy (non-hydrogen) atoms. The highest BCUT2D eigenvalue weighted by Gasteiger charge is 2.24. The summed E-state index contributed by atoms with van der Waals surface area (Å²) >= 11 is 12.8. The van der Waals surface area contributed by atoms with Crippen molar-refractivity contribution in [1.29, 1.82) is 0 Å². The molecule has 0 N–H and O–H groups in total. The van der Waals surface area contributed by atoms with Gasteiger partial charge < -0.3 is 0 Å². The first-order valence-electron chi connectivity index (χ1n) is 7.51. The van der Waals surface area contributed by atoms with E-state index in [0.29, 0.717) is 22.0 Å². The third kappa shape index (κ3) is 3.07. The summed E-state index contributed by atoms with van der Waals surface area (Å²) in [6.45, 7) is 2.13.